The van der Waals surface area contributed by atoms with Gasteiger partial charge in [-0.25, -0.2) is 0 Å². The molecule has 1 N–H and O–H groups in total. The number of unbranched alkanes of at least 4 members (excludes halogenated alkanes) is 1. The molecule has 4 nitrogen and oxygen atoms in total. The predicted octanol–water partition coefficient (Wildman–Crippen LogP) is 1.80. The third-order valence-electron chi connectivity index (χ3n) is 4.50. The molecular weight excluding hydrogens is 228 g/mol. The summed E-state index contributed by atoms with van der Waals surface area (Å²) in [6, 6.07) is 0.699. The lowest BCUT2D eigenvalue weighted by Gasteiger charge is -2.44. The molecule has 3 unspecified atom stereocenters. The fourth-order valence-electron chi connectivity index (χ4n) is 3.47. The molecule has 0 radical (unpaired) electrons. The highest BCUT2D eigenvalue weighted by Crippen LogP contribution is 2.27. The minimum Gasteiger partial charge on any atom is -0.480 e. The van der Waals surface area contributed by atoms with Gasteiger partial charge in [-0.1, -0.05) is 19.8 Å². The molecule has 0 saturated carbocycles. The van der Waals surface area contributed by atoms with Gasteiger partial charge in [-0.3, -0.25) is 14.6 Å². The number of hydrogen-bond acceptors (Lipinski definition) is 3. The van der Waals surface area contributed by atoms with Crippen molar-refractivity contribution in [2.75, 3.05) is 19.6 Å². The zero-order valence-electron chi connectivity index (χ0n) is 11.6. The molecule has 0 aromatic rings. The van der Waals surface area contributed by atoms with E-state index in [2.05, 4.69) is 23.6 Å². The fourth-order valence-corrected chi connectivity index (χ4v) is 3.47. The summed E-state index contributed by atoms with van der Waals surface area (Å²) in [6.07, 6.45) is 5.39. The van der Waals surface area contributed by atoms with E-state index in [1.807, 2.05) is 0 Å². The first-order valence-electron chi connectivity index (χ1n) is 7.36. The molecule has 0 aromatic carbocycles. The first-order chi connectivity index (χ1) is 8.63. The predicted molar refractivity (Wildman–Crippen MR) is 71.7 cm³/mol. The number of nitrogens with zero attached hydrogens (tertiary/aromatic N) is 2. The Labute approximate surface area is 110 Å². The Morgan fingerprint density at radius 1 is 1.44 bits per heavy atom. The molecule has 104 valence electrons. The van der Waals surface area contributed by atoms with E-state index in [-0.39, 0.29) is 6.04 Å². The minimum absolute atomic E-state index is 0.275. The van der Waals surface area contributed by atoms with E-state index >= 15 is 0 Å². The molecule has 3 atom stereocenters. The molecule has 18 heavy (non-hydrogen) atoms. The van der Waals surface area contributed by atoms with E-state index in [0.29, 0.717) is 12.1 Å². The van der Waals surface area contributed by atoms with Crippen LogP contribution in [0.3, 0.4) is 0 Å². The van der Waals surface area contributed by atoms with Crippen molar-refractivity contribution in [2.45, 2.75) is 64.1 Å². The molecule has 2 heterocycles. The third-order valence-corrected chi connectivity index (χ3v) is 4.50. The first kappa shape index (κ1) is 13.8. The number of piperazine rings is 1. The van der Waals surface area contributed by atoms with Crippen LogP contribution in [0.15, 0.2) is 0 Å². The van der Waals surface area contributed by atoms with Gasteiger partial charge in [0.1, 0.15) is 6.04 Å². The van der Waals surface area contributed by atoms with Gasteiger partial charge in [-0.05, 0) is 32.7 Å². The second-order valence-electron chi connectivity index (χ2n) is 5.83. The van der Waals surface area contributed by atoms with Crippen molar-refractivity contribution in [1.29, 1.82) is 0 Å². The molecular formula is C14H26N2O2. The summed E-state index contributed by atoms with van der Waals surface area (Å²) in [7, 11) is 0. The summed E-state index contributed by atoms with van der Waals surface area (Å²) >= 11 is 0. The smallest absolute Gasteiger partial charge is 0.320 e. The van der Waals surface area contributed by atoms with Gasteiger partial charge >= 0.3 is 5.97 Å². The van der Waals surface area contributed by atoms with E-state index in [0.717, 1.165) is 32.4 Å². The monoisotopic (exact) mass is 254 g/mol. The Hall–Kier alpha value is -0.610. The highest BCUT2D eigenvalue weighted by Gasteiger charge is 2.39. The van der Waals surface area contributed by atoms with E-state index in [1.54, 1.807) is 0 Å². The number of carboxylic acids is 1. The van der Waals surface area contributed by atoms with Gasteiger partial charge in [0.05, 0.1) is 0 Å². The number of hydrogen-bond donors (Lipinski definition) is 1. The van der Waals surface area contributed by atoms with Crippen LogP contribution >= 0.6 is 0 Å². The standard InChI is InChI=1S/C14H26N2O2/c1-3-4-7-13(14(17)18)16-10-12-6-5-8-15(12)9-11(16)2/h11-13H,3-10H2,1-2H3,(H,17,18). The van der Waals surface area contributed by atoms with Gasteiger partial charge in [0.25, 0.3) is 0 Å². The van der Waals surface area contributed by atoms with Crippen molar-refractivity contribution in [3.63, 3.8) is 0 Å². The molecule has 0 aliphatic carbocycles. The Kier molecular flexibility index (Phi) is 4.62. The molecule has 0 amide bonds. The van der Waals surface area contributed by atoms with Gasteiger partial charge in [-0.2, -0.15) is 0 Å². The van der Waals surface area contributed by atoms with Crippen molar-refractivity contribution in [3.05, 3.63) is 0 Å². The van der Waals surface area contributed by atoms with Gasteiger partial charge in [-0.15, -0.1) is 0 Å². The highest BCUT2D eigenvalue weighted by atomic mass is 16.4. The Balaban J connectivity index is 2.02. The van der Waals surface area contributed by atoms with E-state index in [4.69, 9.17) is 0 Å². The lowest BCUT2D eigenvalue weighted by atomic mass is 10.0. The SMILES string of the molecule is CCCCC(C(=O)O)N1CC2CCCN2CC1C. The van der Waals surface area contributed by atoms with Crippen LogP contribution in [0.5, 0.6) is 0 Å². The molecule has 2 aliphatic rings. The molecule has 2 saturated heterocycles. The maximum Gasteiger partial charge on any atom is 0.320 e. The normalized spacial score (nSPS) is 31.2. The summed E-state index contributed by atoms with van der Waals surface area (Å²) in [5.41, 5.74) is 0. The molecule has 0 bridgehead atoms. The van der Waals surface area contributed by atoms with Crippen LogP contribution in [0.25, 0.3) is 0 Å². The molecule has 2 fully saturated rings. The number of carboxylic acid groups (broad SMARTS) is 1. The van der Waals surface area contributed by atoms with E-state index in [1.165, 1.54) is 19.4 Å². The zero-order chi connectivity index (χ0) is 13.1. The van der Waals surface area contributed by atoms with Crippen LogP contribution in [-0.4, -0.2) is 58.6 Å². The largest absolute Gasteiger partial charge is 0.480 e. The average molecular weight is 254 g/mol. The van der Waals surface area contributed by atoms with Gasteiger partial charge in [0.2, 0.25) is 0 Å². The van der Waals surface area contributed by atoms with Crippen LogP contribution in [0, 0.1) is 0 Å². The number of carbonyl (C=O) groups is 1. The second kappa shape index (κ2) is 6.02. The van der Waals surface area contributed by atoms with Crippen molar-refractivity contribution in [3.8, 4) is 0 Å². The average Bonchev–Trinajstić information content (AvgIpc) is 2.76. The van der Waals surface area contributed by atoms with Crippen LogP contribution < -0.4 is 0 Å². The maximum atomic E-state index is 11.5. The summed E-state index contributed by atoms with van der Waals surface area (Å²) < 4.78 is 0. The maximum absolute atomic E-state index is 11.5. The number of rotatable bonds is 5. The zero-order valence-corrected chi connectivity index (χ0v) is 11.6. The summed E-state index contributed by atoms with van der Waals surface area (Å²) in [5, 5.41) is 9.46. The molecule has 2 rings (SSSR count). The third kappa shape index (κ3) is 2.86. The van der Waals surface area contributed by atoms with Crippen LogP contribution in [0.2, 0.25) is 0 Å². The topological polar surface area (TPSA) is 43.8 Å². The van der Waals surface area contributed by atoms with E-state index in [9.17, 15) is 9.90 Å². The van der Waals surface area contributed by atoms with Crippen molar-refractivity contribution in [2.24, 2.45) is 0 Å². The second-order valence-corrected chi connectivity index (χ2v) is 5.83. The van der Waals surface area contributed by atoms with Crippen LogP contribution in [0.4, 0.5) is 0 Å². The first-order valence-corrected chi connectivity index (χ1v) is 7.36. The lowest BCUT2D eigenvalue weighted by molar-refractivity contribution is -0.146. The summed E-state index contributed by atoms with van der Waals surface area (Å²) in [6.45, 7) is 7.49. The van der Waals surface area contributed by atoms with Crippen molar-refractivity contribution < 1.29 is 9.90 Å². The van der Waals surface area contributed by atoms with Gasteiger partial charge in [0, 0.05) is 25.2 Å². The van der Waals surface area contributed by atoms with Gasteiger partial charge in [0.15, 0.2) is 0 Å². The molecule has 2 aliphatic heterocycles. The molecule has 0 spiro atoms. The summed E-state index contributed by atoms with van der Waals surface area (Å²) in [5.74, 6) is -0.637. The van der Waals surface area contributed by atoms with Crippen molar-refractivity contribution >= 4 is 5.97 Å². The van der Waals surface area contributed by atoms with Crippen LogP contribution in [-0.2, 0) is 4.79 Å². The fraction of sp³-hybridized carbons (Fsp3) is 0.929. The quantitative estimate of drug-likeness (QED) is 0.812. The van der Waals surface area contributed by atoms with Crippen molar-refractivity contribution in [1.82, 2.24) is 9.80 Å². The van der Waals surface area contributed by atoms with Gasteiger partial charge < -0.3 is 5.11 Å². The Morgan fingerprint density at radius 2 is 2.22 bits per heavy atom. The number of aliphatic carboxylic acids is 1. The van der Waals surface area contributed by atoms with E-state index < -0.39 is 5.97 Å². The highest BCUT2D eigenvalue weighted by molar-refractivity contribution is 5.73. The molecule has 4 heteroatoms. The minimum atomic E-state index is -0.637. The lowest BCUT2D eigenvalue weighted by Crippen LogP contribution is -2.59. The summed E-state index contributed by atoms with van der Waals surface area (Å²) in [4.78, 5) is 16.3. The van der Waals surface area contributed by atoms with Crippen LogP contribution in [0.1, 0.15) is 46.0 Å². The number of fused-ring (bicyclic) bond motifs is 1. The molecule has 0 aromatic heterocycles. The Morgan fingerprint density at radius 3 is 2.89 bits per heavy atom. The Bertz CT molecular complexity index is 296.